The average molecular weight is 481 g/mol. The molecule has 3 rings (SSSR count). The Balaban J connectivity index is 1.75. The molecule has 3 amide bonds. The van der Waals surface area contributed by atoms with E-state index in [9.17, 15) is 14.4 Å². The predicted octanol–water partition coefficient (Wildman–Crippen LogP) is 5.33. The summed E-state index contributed by atoms with van der Waals surface area (Å²) in [5.41, 5.74) is 1.90. The third-order valence-electron chi connectivity index (χ3n) is 4.06. The molecule has 10 heteroatoms. The molecule has 3 aromatic rings. The summed E-state index contributed by atoms with van der Waals surface area (Å²) in [6.45, 7) is 4.29. The summed E-state index contributed by atoms with van der Waals surface area (Å²) >= 11 is 0. The van der Waals surface area contributed by atoms with Crippen LogP contribution in [0.4, 0.5) is 17.1 Å². The van der Waals surface area contributed by atoms with Crippen LogP contribution in [0, 0.1) is 0 Å². The van der Waals surface area contributed by atoms with Crippen molar-refractivity contribution in [1.29, 1.82) is 0 Å². The molecular weight excluding hydrogens is 457 g/mol. The fourth-order valence-corrected chi connectivity index (χ4v) is 3.71. The van der Waals surface area contributed by atoms with E-state index in [0.29, 0.717) is 34.3 Å². The number of nitrogens with one attached hydrogen (secondary N) is 3. The molecule has 3 aromatic carbocycles. The molecule has 9 nitrogen and oxygen atoms in total. The summed E-state index contributed by atoms with van der Waals surface area (Å²) in [7, 11) is -1.93. The first-order valence-electron chi connectivity index (χ1n) is 10.2. The van der Waals surface area contributed by atoms with Crippen LogP contribution in [-0.4, -0.2) is 17.7 Å². The lowest BCUT2D eigenvalue weighted by Gasteiger charge is -2.18. The van der Waals surface area contributed by atoms with Gasteiger partial charge >= 0.3 is 8.60 Å². The van der Waals surface area contributed by atoms with E-state index in [1.807, 2.05) is 0 Å². The number of anilines is 3. The summed E-state index contributed by atoms with van der Waals surface area (Å²) in [4.78, 5) is 33.7. The summed E-state index contributed by atoms with van der Waals surface area (Å²) in [6.07, 6.45) is 0. The second-order valence-electron chi connectivity index (χ2n) is 7.11. The number of hydrogen-bond donors (Lipinski definition) is 3. The molecule has 0 bridgehead atoms. The first-order valence-corrected chi connectivity index (χ1v) is 11.3. The molecule has 34 heavy (non-hydrogen) atoms. The number of rotatable bonds is 9. The average Bonchev–Trinajstić information content (AvgIpc) is 2.77. The van der Waals surface area contributed by atoms with Gasteiger partial charge in [-0.25, -0.2) is 0 Å². The van der Waals surface area contributed by atoms with Crippen LogP contribution in [0.15, 0.2) is 72.8 Å². The predicted molar refractivity (Wildman–Crippen MR) is 131 cm³/mol. The minimum Gasteiger partial charge on any atom is -0.409 e. The van der Waals surface area contributed by atoms with E-state index >= 15 is 0 Å². The highest BCUT2D eigenvalue weighted by Gasteiger charge is 2.20. The van der Waals surface area contributed by atoms with Crippen LogP contribution in [0.3, 0.4) is 0 Å². The largest absolute Gasteiger partial charge is 0.530 e. The SMILES string of the molecule is CC(=O)Nc1ccc(OP(Oc2ccc(NC(C)=O)cc2)Oc2ccc(NC(C)=O)cc2)cc1. The van der Waals surface area contributed by atoms with Crippen molar-refractivity contribution in [2.45, 2.75) is 20.8 Å². The fourth-order valence-electron chi connectivity index (χ4n) is 2.72. The number of carbonyl (C=O) groups is 3. The van der Waals surface area contributed by atoms with Crippen LogP contribution in [0.2, 0.25) is 0 Å². The molecule has 0 spiro atoms. The van der Waals surface area contributed by atoms with Crippen molar-refractivity contribution >= 4 is 43.4 Å². The van der Waals surface area contributed by atoms with Gasteiger partial charge < -0.3 is 29.5 Å². The van der Waals surface area contributed by atoms with Crippen LogP contribution >= 0.6 is 8.60 Å². The van der Waals surface area contributed by atoms with Gasteiger partial charge in [-0.05, 0) is 72.8 Å². The van der Waals surface area contributed by atoms with Gasteiger partial charge in [0.1, 0.15) is 17.2 Å². The lowest BCUT2D eigenvalue weighted by Crippen LogP contribution is -2.06. The smallest absolute Gasteiger partial charge is 0.409 e. The number of benzene rings is 3. The quantitative estimate of drug-likeness (QED) is 0.356. The van der Waals surface area contributed by atoms with Crippen molar-refractivity contribution in [1.82, 2.24) is 0 Å². The number of carbonyl (C=O) groups excluding carboxylic acids is 3. The lowest BCUT2D eigenvalue weighted by atomic mass is 10.3. The van der Waals surface area contributed by atoms with E-state index in [2.05, 4.69) is 16.0 Å². The molecule has 3 N–H and O–H groups in total. The van der Waals surface area contributed by atoms with E-state index in [1.54, 1.807) is 72.8 Å². The fraction of sp³-hybridized carbons (Fsp3) is 0.125. The van der Waals surface area contributed by atoms with Gasteiger partial charge in [0, 0.05) is 37.8 Å². The Kier molecular flexibility index (Phi) is 8.43. The van der Waals surface area contributed by atoms with Crippen LogP contribution in [0.25, 0.3) is 0 Å². The highest BCUT2D eigenvalue weighted by atomic mass is 31.2. The van der Waals surface area contributed by atoms with Gasteiger partial charge in [0.2, 0.25) is 17.7 Å². The van der Waals surface area contributed by atoms with E-state index < -0.39 is 8.60 Å². The van der Waals surface area contributed by atoms with Gasteiger partial charge in [-0.2, -0.15) is 0 Å². The molecule has 0 aliphatic rings. The molecule has 0 saturated heterocycles. The molecule has 0 atom stereocenters. The zero-order valence-electron chi connectivity index (χ0n) is 18.8. The van der Waals surface area contributed by atoms with E-state index in [0.717, 1.165) is 0 Å². The Morgan fingerprint density at radius 2 is 0.735 bits per heavy atom. The zero-order chi connectivity index (χ0) is 24.5. The maximum atomic E-state index is 11.2. The Morgan fingerprint density at radius 1 is 0.500 bits per heavy atom. The van der Waals surface area contributed by atoms with Crippen LogP contribution in [0.1, 0.15) is 20.8 Å². The molecule has 0 unspecified atom stereocenters. The van der Waals surface area contributed by atoms with Gasteiger partial charge in [-0.3, -0.25) is 14.4 Å². The molecular formula is C24H24N3O6P. The van der Waals surface area contributed by atoms with E-state index in [-0.39, 0.29) is 17.7 Å². The summed E-state index contributed by atoms with van der Waals surface area (Å²) in [6, 6.07) is 20.3. The Labute approximate surface area is 198 Å². The number of amides is 3. The molecule has 0 saturated carbocycles. The molecule has 176 valence electrons. The lowest BCUT2D eigenvalue weighted by molar-refractivity contribution is -0.115. The Bertz CT molecular complexity index is 989. The minimum atomic E-state index is -1.93. The topological polar surface area (TPSA) is 115 Å². The second-order valence-corrected chi connectivity index (χ2v) is 8.11. The van der Waals surface area contributed by atoms with Crippen molar-refractivity contribution in [2.24, 2.45) is 0 Å². The molecule has 0 heterocycles. The van der Waals surface area contributed by atoms with Crippen LogP contribution in [0.5, 0.6) is 17.2 Å². The first-order chi connectivity index (χ1) is 16.3. The molecule has 0 aromatic heterocycles. The highest BCUT2D eigenvalue weighted by Crippen LogP contribution is 2.42. The maximum absolute atomic E-state index is 11.2. The van der Waals surface area contributed by atoms with Crippen molar-refractivity contribution in [3.8, 4) is 17.2 Å². The molecule has 0 aliphatic carbocycles. The van der Waals surface area contributed by atoms with Gasteiger partial charge in [0.25, 0.3) is 0 Å². The van der Waals surface area contributed by atoms with E-state index in [1.165, 1.54) is 20.8 Å². The Hall–Kier alpha value is -4.10. The highest BCUT2D eigenvalue weighted by molar-refractivity contribution is 7.43. The number of hydrogen-bond acceptors (Lipinski definition) is 6. The van der Waals surface area contributed by atoms with Crippen LogP contribution < -0.4 is 29.5 Å². The van der Waals surface area contributed by atoms with Crippen molar-refractivity contribution < 1.29 is 28.0 Å². The molecule has 0 fully saturated rings. The van der Waals surface area contributed by atoms with Gasteiger partial charge in [0.05, 0.1) is 0 Å². The van der Waals surface area contributed by atoms with Gasteiger partial charge in [-0.15, -0.1) is 0 Å². The molecule has 0 aliphatic heterocycles. The second kappa shape index (κ2) is 11.7. The monoisotopic (exact) mass is 481 g/mol. The third-order valence-corrected chi connectivity index (χ3v) is 5.14. The molecule has 0 radical (unpaired) electrons. The van der Waals surface area contributed by atoms with Gasteiger partial charge in [0.15, 0.2) is 0 Å². The van der Waals surface area contributed by atoms with Crippen molar-refractivity contribution in [2.75, 3.05) is 16.0 Å². The summed E-state index contributed by atoms with van der Waals surface area (Å²) in [5.74, 6) is 0.911. The summed E-state index contributed by atoms with van der Waals surface area (Å²) in [5, 5.41) is 8.07. The Morgan fingerprint density at radius 3 is 0.941 bits per heavy atom. The van der Waals surface area contributed by atoms with Crippen molar-refractivity contribution in [3.63, 3.8) is 0 Å². The standard InChI is InChI=1S/C24H24N3O6P/c1-16(28)25-19-4-10-22(11-5-19)31-34(32-23-12-6-20(7-13-23)26-17(2)29)33-24-14-8-21(9-15-24)27-18(3)30/h4-15H,1-3H3,(H,25,28)(H,26,29)(H,27,30). The van der Waals surface area contributed by atoms with Crippen molar-refractivity contribution in [3.05, 3.63) is 72.8 Å². The van der Waals surface area contributed by atoms with E-state index in [4.69, 9.17) is 13.6 Å². The third kappa shape index (κ3) is 8.11. The maximum Gasteiger partial charge on any atom is 0.530 e. The first kappa shape index (κ1) is 24.5. The minimum absolute atomic E-state index is 0.173. The normalized spacial score (nSPS) is 10.2. The van der Waals surface area contributed by atoms with Gasteiger partial charge in [-0.1, -0.05) is 0 Å². The zero-order valence-corrected chi connectivity index (χ0v) is 19.7. The summed E-state index contributed by atoms with van der Waals surface area (Å²) < 4.78 is 17.8. The van der Waals surface area contributed by atoms with Crippen LogP contribution in [-0.2, 0) is 14.4 Å².